The predicted octanol–water partition coefficient (Wildman–Crippen LogP) is -0.716. The van der Waals surface area contributed by atoms with Crippen LogP contribution in [0.2, 0.25) is 0 Å². The first-order chi connectivity index (χ1) is 15.7. The fourth-order valence-corrected chi connectivity index (χ4v) is 3.02. The molecule has 0 spiro atoms. The molecule has 0 aliphatic carbocycles. The van der Waals surface area contributed by atoms with Crippen molar-refractivity contribution in [1.82, 2.24) is 16.0 Å². The van der Waals surface area contributed by atoms with Crippen molar-refractivity contribution in [3.8, 4) is 0 Å². The van der Waals surface area contributed by atoms with E-state index in [-0.39, 0.29) is 5.92 Å². The van der Waals surface area contributed by atoms with E-state index in [0.717, 1.165) is 0 Å². The number of amides is 3. The lowest BCUT2D eigenvalue weighted by atomic mass is 9.96. The average molecular weight is 489 g/mol. The van der Waals surface area contributed by atoms with Crippen molar-refractivity contribution in [2.45, 2.75) is 84.0 Å². The van der Waals surface area contributed by atoms with Gasteiger partial charge in [-0.25, -0.2) is 4.79 Å². The molecule has 0 saturated heterocycles. The summed E-state index contributed by atoms with van der Waals surface area (Å²) in [6.45, 7) is 7.20. The molecule has 34 heavy (non-hydrogen) atoms. The van der Waals surface area contributed by atoms with E-state index in [1.54, 1.807) is 13.8 Å². The smallest absolute Gasteiger partial charge is 0.326 e. The minimum absolute atomic E-state index is 0.128. The summed E-state index contributed by atoms with van der Waals surface area (Å²) in [6, 6.07) is -5.26. The van der Waals surface area contributed by atoms with Gasteiger partial charge in [0.15, 0.2) is 0 Å². The standard InChI is InChI=1S/C21H36N4O9/c1-5-11(4)17(25-18(30)12(22)8-10(2)3)20(32)24-14(9-16(28)29)19(31)23-13(21(33)34)6-7-15(26)27/h10-14,17H,5-9,22H2,1-4H3,(H,23,31)(H,24,32)(H,25,30)(H,26,27)(H,28,29)(H,33,34). The van der Waals surface area contributed by atoms with Crippen molar-refractivity contribution >= 4 is 35.6 Å². The molecule has 0 bridgehead atoms. The van der Waals surface area contributed by atoms with Crippen LogP contribution in [0.15, 0.2) is 0 Å². The van der Waals surface area contributed by atoms with E-state index in [9.17, 15) is 33.9 Å². The molecule has 0 heterocycles. The molecule has 0 aromatic carbocycles. The zero-order chi connectivity index (χ0) is 26.6. The molecule has 0 aromatic heterocycles. The van der Waals surface area contributed by atoms with Gasteiger partial charge in [0.05, 0.1) is 12.5 Å². The normalized spacial score (nSPS) is 15.4. The average Bonchev–Trinajstić information content (AvgIpc) is 2.72. The first-order valence-corrected chi connectivity index (χ1v) is 11.0. The van der Waals surface area contributed by atoms with Crippen LogP contribution in [0.1, 0.15) is 59.8 Å². The number of aliphatic carboxylic acids is 3. The molecule has 0 saturated carbocycles. The van der Waals surface area contributed by atoms with E-state index in [1.165, 1.54) is 0 Å². The Balaban J connectivity index is 5.57. The van der Waals surface area contributed by atoms with Gasteiger partial charge in [-0.1, -0.05) is 34.1 Å². The number of carbonyl (C=O) groups is 6. The van der Waals surface area contributed by atoms with Crippen LogP contribution in [0.25, 0.3) is 0 Å². The van der Waals surface area contributed by atoms with Crippen LogP contribution >= 0.6 is 0 Å². The summed E-state index contributed by atoms with van der Waals surface area (Å²) >= 11 is 0. The lowest BCUT2D eigenvalue weighted by Gasteiger charge is -2.27. The molecular weight excluding hydrogens is 452 g/mol. The summed E-state index contributed by atoms with van der Waals surface area (Å²) in [4.78, 5) is 71.3. The summed E-state index contributed by atoms with van der Waals surface area (Å²) in [5, 5.41) is 34.0. The highest BCUT2D eigenvalue weighted by Crippen LogP contribution is 2.11. The number of carboxylic acids is 3. The highest BCUT2D eigenvalue weighted by Gasteiger charge is 2.33. The quantitative estimate of drug-likeness (QED) is 0.144. The first kappa shape index (κ1) is 30.8. The van der Waals surface area contributed by atoms with Crippen LogP contribution in [0.3, 0.4) is 0 Å². The van der Waals surface area contributed by atoms with E-state index < -0.39 is 85.0 Å². The van der Waals surface area contributed by atoms with Gasteiger partial charge in [-0.05, 0) is 24.7 Å². The van der Waals surface area contributed by atoms with E-state index in [2.05, 4.69) is 16.0 Å². The molecule has 3 amide bonds. The second kappa shape index (κ2) is 14.8. The third-order valence-electron chi connectivity index (χ3n) is 5.13. The van der Waals surface area contributed by atoms with Crippen LogP contribution < -0.4 is 21.7 Å². The van der Waals surface area contributed by atoms with Crippen LogP contribution in [0, 0.1) is 11.8 Å². The third-order valence-corrected chi connectivity index (χ3v) is 5.13. The molecule has 0 aliphatic rings. The Kier molecular flexibility index (Phi) is 13.4. The zero-order valence-corrected chi connectivity index (χ0v) is 19.9. The Morgan fingerprint density at radius 3 is 1.79 bits per heavy atom. The maximum absolute atomic E-state index is 12.9. The third kappa shape index (κ3) is 11.6. The molecule has 194 valence electrons. The molecule has 0 fully saturated rings. The van der Waals surface area contributed by atoms with Gasteiger partial charge in [0.2, 0.25) is 17.7 Å². The zero-order valence-electron chi connectivity index (χ0n) is 19.9. The van der Waals surface area contributed by atoms with Gasteiger partial charge in [0.25, 0.3) is 0 Å². The van der Waals surface area contributed by atoms with Gasteiger partial charge in [-0.3, -0.25) is 24.0 Å². The summed E-state index contributed by atoms with van der Waals surface area (Å²) in [6.07, 6.45) is -1.02. The van der Waals surface area contributed by atoms with Crippen molar-refractivity contribution in [1.29, 1.82) is 0 Å². The SMILES string of the molecule is CCC(C)C(NC(=O)C(N)CC(C)C)C(=O)NC(CC(=O)O)C(=O)NC(CCC(=O)O)C(=O)O. The van der Waals surface area contributed by atoms with Gasteiger partial charge >= 0.3 is 17.9 Å². The van der Waals surface area contributed by atoms with Gasteiger partial charge in [0.1, 0.15) is 18.1 Å². The Labute approximate surface area is 197 Å². The summed E-state index contributed by atoms with van der Waals surface area (Å²) in [7, 11) is 0. The number of nitrogens with one attached hydrogen (secondary N) is 3. The topological polar surface area (TPSA) is 225 Å². The minimum atomic E-state index is -1.66. The molecule has 0 rings (SSSR count). The Morgan fingerprint density at radius 2 is 1.35 bits per heavy atom. The monoisotopic (exact) mass is 488 g/mol. The summed E-state index contributed by atoms with van der Waals surface area (Å²) < 4.78 is 0. The largest absolute Gasteiger partial charge is 0.481 e. The van der Waals surface area contributed by atoms with Crippen LogP contribution in [0.4, 0.5) is 0 Å². The van der Waals surface area contributed by atoms with Crippen LogP contribution in [-0.2, 0) is 28.8 Å². The van der Waals surface area contributed by atoms with E-state index in [0.29, 0.717) is 12.8 Å². The maximum atomic E-state index is 12.9. The number of carboxylic acid groups (broad SMARTS) is 3. The second-order valence-corrected chi connectivity index (χ2v) is 8.60. The van der Waals surface area contributed by atoms with Gasteiger partial charge < -0.3 is 37.0 Å². The van der Waals surface area contributed by atoms with E-state index >= 15 is 0 Å². The van der Waals surface area contributed by atoms with Crippen molar-refractivity contribution in [3.05, 3.63) is 0 Å². The van der Waals surface area contributed by atoms with Gasteiger partial charge in [-0.2, -0.15) is 0 Å². The maximum Gasteiger partial charge on any atom is 0.326 e. The number of hydrogen-bond donors (Lipinski definition) is 7. The first-order valence-electron chi connectivity index (χ1n) is 11.0. The lowest BCUT2D eigenvalue weighted by molar-refractivity contribution is -0.144. The highest BCUT2D eigenvalue weighted by molar-refractivity contribution is 5.95. The molecule has 5 unspecified atom stereocenters. The van der Waals surface area contributed by atoms with Gasteiger partial charge in [-0.15, -0.1) is 0 Å². The van der Waals surface area contributed by atoms with Crippen molar-refractivity contribution in [2.75, 3.05) is 0 Å². The van der Waals surface area contributed by atoms with Crippen LogP contribution in [0.5, 0.6) is 0 Å². The van der Waals surface area contributed by atoms with Crippen molar-refractivity contribution in [2.24, 2.45) is 17.6 Å². The minimum Gasteiger partial charge on any atom is -0.481 e. The Morgan fingerprint density at radius 1 is 0.794 bits per heavy atom. The summed E-state index contributed by atoms with van der Waals surface area (Å²) in [5.41, 5.74) is 5.87. The van der Waals surface area contributed by atoms with Crippen molar-refractivity contribution in [3.63, 3.8) is 0 Å². The van der Waals surface area contributed by atoms with Gasteiger partial charge in [0, 0.05) is 6.42 Å². The number of carbonyl (C=O) groups excluding carboxylic acids is 3. The number of nitrogens with two attached hydrogens (primary N) is 1. The molecule has 0 radical (unpaired) electrons. The molecule has 0 aromatic rings. The Hall–Kier alpha value is -3.22. The van der Waals surface area contributed by atoms with E-state index in [4.69, 9.17) is 15.9 Å². The molecule has 0 aliphatic heterocycles. The number of rotatable bonds is 16. The molecule has 13 nitrogen and oxygen atoms in total. The molecular formula is C21H36N4O9. The fraction of sp³-hybridized carbons (Fsp3) is 0.714. The van der Waals surface area contributed by atoms with E-state index in [1.807, 2.05) is 13.8 Å². The second-order valence-electron chi connectivity index (χ2n) is 8.60. The number of hydrogen-bond acceptors (Lipinski definition) is 7. The molecule has 5 atom stereocenters. The fourth-order valence-electron chi connectivity index (χ4n) is 3.02. The lowest BCUT2D eigenvalue weighted by Crippen LogP contribution is -2.59. The van der Waals surface area contributed by atoms with Crippen LogP contribution in [-0.4, -0.2) is 75.1 Å². The Bertz CT molecular complexity index is 757. The summed E-state index contributed by atoms with van der Waals surface area (Å²) in [5.74, 6) is -7.03. The molecule has 8 N–H and O–H groups in total. The molecule has 13 heteroatoms. The van der Waals surface area contributed by atoms with Crippen molar-refractivity contribution < 1.29 is 44.1 Å². The highest BCUT2D eigenvalue weighted by atomic mass is 16.4. The predicted molar refractivity (Wildman–Crippen MR) is 119 cm³/mol.